The molecule has 1 aromatic heterocycles. The molecule has 0 bridgehead atoms. The maximum Gasteiger partial charge on any atom is 0.289 e. The van der Waals surface area contributed by atoms with Crippen LogP contribution in [0.5, 0.6) is 0 Å². The van der Waals surface area contributed by atoms with Gasteiger partial charge in [0.05, 0.1) is 6.04 Å². The van der Waals surface area contributed by atoms with E-state index >= 15 is 0 Å². The Labute approximate surface area is 100 Å². The van der Waals surface area contributed by atoms with Crippen LogP contribution in [0.25, 0.3) is 0 Å². The molecule has 0 radical (unpaired) electrons. The standard InChI is InChI=1S/C12H17N3O2/c1-2-3-10(13)11(16)12(17)15-8-9-4-6-14-7-5-9/h4-7,10H,2-3,8,13H2,1H3,(H,15,17). The third-order valence-corrected chi connectivity index (χ3v) is 2.36. The third-order valence-electron chi connectivity index (χ3n) is 2.36. The molecule has 0 aliphatic rings. The van der Waals surface area contributed by atoms with Gasteiger partial charge in [0.1, 0.15) is 0 Å². The maximum absolute atomic E-state index is 11.5. The van der Waals surface area contributed by atoms with Gasteiger partial charge in [-0.25, -0.2) is 0 Å². The van der Waals surface area contributed by atoms with Crippen molar-refractivity contribution in [1.82, 2.24) is 10.3 Å². The average Bonchev–Trinajstić information content (AvgIpc) is 2.36. The minimum atomic E-state index is -0.697. The van der Waals surface area contributed by atoms with E-state index in [4.69, 9.17) is 5.73 Å². The highest BCUT2D eigenvalue weighted by Crippen LogP contribution is 1.97. The van der Waals surface area contributed by atoms with Crippen molar-refractivity contribution in [3.8, 4) is 0 Å². The van der Waals surface area contributed by atoms with Gasteiger partial charge >= 0.3 is 0 Å². The van der Waals surface area contributed by atoms with Gasteiger partial charge in [0.15, 0.2) is 0 Å². The zero-order valence-electron chi connectivity index (χ0n) is 9.85. The van der Waals surface area contributed by atoms with E-state index in [9.17, 15) is 9.59 Å². The molecule has 0 aliphatic carbocycles. The van der Waals surface area contributed by atoms with Gasteiger partial charge in [0.25, 0.3) is 5.91 Å². The van der Waals surface area contributed by atoms with Gasteiger partial charge in [-0.05, 0) is 24.1 Å². The van der Waals surface area contributed by atoms with Crippen molar-refractivity contribution >= 4 is 11.7 Å². The van der Waals surface area contributed by atoms with Gasteiger partial charge in [0.2, 0.25) is 5.78 Å². The Bertz CT molecular complexity index is 379. The average molecular weight is 235 g/mol. The molecule has 1 heterocycles. The number of hydrogen-bond donors (Lipinski definition) is 2. The van der Waals surface area contributed by atoms with E-state index in [0.29, 0.717) is 13.0 Å². The zero-order chi connectivity index (χ0) is 12.7. The van der Waals surface area contributed by atoms with E-state index in [0.717, 1.165) is 12.0 Å². The summed E-state index contributed by atoms with van der Waals surface area (Å²) < 4.78 is 0. The summed E-state index contributed by atoms with van der Waals surface area (Å²) in [6.45, 7) is 2.23. The van der Waals surface area contributed by atoms with Crippen molar-refractivity contribution in [1.29, 1.82) is 0 Å². The number of Topliss-reactive ketones (excluding diaryl/α,β-unsaturated/α-hetero) is 1. The Morgan fingerprint density at radius 3 is 2.65 bits per heavy atom. The summed E-state index contributed by atoms with van der Waals surface area (Å²) in [5, 5.41) is 2.54. The first-order valence-electron chi connectivity index (χ1n) is 5.61. The lowest BCUT2D eigenvalue weighted by molar-refractivity contribution is -0.138. The Balaban J connectivity index is 2.42. The summed E-state index contributed by atoms with van der Waals surface area (Å²) in [7, 11) is 0. The molecular weight excluding hydrogens is 218 g/mol. The molecule has 0 saturated heterocycles. The van der Waals surface area contributed by atoms with E-state index in [-0.39, 0.29) is 0 Å². The van der Waals surface area contributed by atoms with Crippen molar-refractivity contribution in [2.45, 2.75) is 32.4 Å². The smallest absolute Gasteiger partial charge is 0.289 e. The molecule has 1 aromatic rings. The van der Waals surface area contributed by atoms with E-state index in [1.54, 1.807) is 24.5 Å². The second-order valence-electron chi connectivity index (χ2n) is 3.80. The molecule has 0 saturated carbocycles. The van der Waals surface area contributed by atoms with Gasteiger partial charge < -0.3 is 11.1 Å². The van der Waals surface area contributed by atoms with E-state index in [2.05, 4.69) is 10.3 Å². The lowest BCUT2D eigenvalue weighted by Gasteiger charge is -2.09. The lowest BCUT2D eigenvalue weighted by atomic mass is 10.1. The van der Waals surface area contributed by atoms with Crippen molar-refractivity contribution in [3.63, 3.8) is 0 Å². The van der Waals surface area contributed by atoms with E-state index < -0.39 is 17.7 Å². The second kappa shape index (κ2) is 6.75. The van der Waals surface area contributed by atoms with E-state index in [1.165, 1.54) is 0 Å². The molecule has 1 amide bonds. The molecule has 1 rings (SSSR count). The molecule has 0 aromatic carbocycles. The molecular formula is C12H17N3O2. The van der Waals surface area contributed by atoms with Gasteiger partial charge in [-0.1, -0.05) is 13.3 Å². The number of carbonyl (C=O) groups is 2. The third kappa shape index (κ3) is 4.32. The number of hydrogen-bond acceptors (Lipinski definition) is 4. The van der Waals surface area contributed by atoms with Crippen LogP contribution in [0.4, 0.5) is 0 Å². The van der Waals surface area contributed by atoms with Gasteiger partial charge in [0, 0.05) is 18.9 Å². The highest BCUT2D eigenvalue weighted by atomic mass is 16.2. The predicted molar refractivity (Wildman–Crippen MR) is 64.0 cm³/mol. The summed E-state index contributed by atoms with van der Waals surface area (Å²) in [6, 6.07) is 2.85. The second-order valence-corrected chi connectivity index (χ2v) is 3.80. The number of pyridine rings is 1. The molecule has 0 fully saturated rings. The molecule has 17 heavy (non-hydrogen) atoms. The quantitative estimate of drug-likeness (QED) is 0.699. The highest BCUT2D eigenvalue weighted by Gasteiger charge is 2.20. The first-order valence-corrected chi connectivity index (χ1v) is 5.61. The predicted octanol–water partition coefficient (Wildman–Crippen LogP) is 0.394. The van der Waals surface area contributed by atoms with Crippen molar-refractivity contribution in [3.05, 3.63) is 30.1 Å². The first-order chi connectivity index (χ1) is 8.15. The van der Waals surface area contributed by atoms with Crippen LogP contribution < -0.4 is 11.1 Å². The molecule has 0 spiro atoms. The van der Waals surface area contributed by atoms with Crippen LogP contribution in [0.3, 0.4) is 0 Å². The molecule has 0 aliphatic heterocycles. The normalized spacial score (nSPS) is 11.9. The molecule has 3 N–H and O–H groups in total. The fourth-order valence-electron chi connectivity index (χ4n) is 1.38. The number of aromatic nitrogens is 1. The highest BCUT2D eigenvalue weighted by molar-refractivity contribution is 6.38. The number of ketones is 1. The number of nitrogens with one attached hydrogen (secondary N) is 1. The Morgan fingerprint density at radius 2 is 2.06 bits per heavy atom. The zero-order valence-corrected chi connectivity index (χ0v) is 9.85. The summed E-state index contributed by atoms with van der Waals surface area (Å²) >= 11 is 0. The van der Waals surface area contributed by atoms with Crippen molar-refractivity contribution in [2.75, 3.05) is 0 Å². The van der Waals surface area contributed by atoms with Crippen molar-refractivity contribution in [2.24, 2.45) is 5.73 Å². The molecule has 1 unspecified atom stereocenters. The summed E-state index contributed by atoms with van der Waals surface area (Å²) in [5.41, 5.74) is 6.47. The van der Waals surface area contributed by atoms with Crippen LogP contribution in [0.2, 0.25) is 0 Å². The molecule has 5 heteroatoms. The van der Waals surface area contributed by atoms with Crippen LogP contribution in [-0.4, -0.2) is 22.7 Å². The van der Waals surface area contributed by atoms with Gasteiger partial charge in [-0.3, -0.25) is 14.6 Å². The largest absolute Gasteiger partial charge is 0.345 e. The summed E-state index contributed by atoms with van der Waals surface area (Å²) in [5.74, 6) is -1.18. The summed E-state index contributed by atoms with van der Waals surface area (Å²) in [6.07, 6.45) is 4.57. The van der Waals surface area contributed by atoms with E-state index in [1.807, 2.05) is 6.92 Å². The number of nitrogens with zero attached hydrogens (tertiary/aromatic N) is 1. The van der Waals surface area contributed by atoms with Crippen LogP contribution in [0.15, 0.2) is 24.5 Å². The first kappa shape index (κ1) is 13.3. The van der Waals surface area contributed by atoms with Crippen LogP contribution >= 0.6 is 0 Å². The molecule has 92 valence electrons. The van der Waals surface area contributed by atoms with Crippen LogP contribution in [0.1, 0.15) is 25.3 Å². The minimum Gasteiger partial charge on any atom is -0.345 e. The van der Waals surface area contributed by atoms with Gasteiger partial charge in [-0.2, -0.15) is 0 Å². The number of amides is 1. The topological polar surface area (TPSA) is 85.1 Å². The SMILES string of the molecule is CCCC(N)C(=O)C(=O)NCc1ccncc1. The number of nitrogens with two attached hydrogens (primary N) is 1. The molecule has 1 atom stereocenters. The monoisotopic (exact) mass is 235 g/mol. The van der Waals surface area contributed by atoms with Crippen LogP contribution in [-0.2, 0) is 16.1 Å². The van der Waals surface area contributed by atoms with Crippen LogP contribution in [0, 0.1) is 0 Å². The lowest BCUT2D eigenvalue weighted by Crippen LogP contribution is -2.42. The minimum absolute atomic E-state index is 0.311. The fraction of sp³-hybridized carbons (Fsp3) is 0.417. The Hall–Kier alpha value is -1.75. The van der Waals surface area contributed by atoms with Gasteiger partial charge in [-0.15, -0.1) is 0 Å². The summed E-state index contributed by atoms with van der Waals surface area (Å²) in [4.78, 5) is 26.8. The number of carbonyl (C=O) groups excluding carboxylic acids is 2. The fourth-order valence-corrected chi connectivity index (χ4v) is 1.38. The Kier molecular flexibility index (Phi) is 5.29. The number of rotatable bonds is 6. The van der Waals surface area contributed by atoms with Crippen molar-refractivity contribution < 1.29 is 9.59 Å². The maximum atomic E-state index is 11.5. The molecule has 5 nitrogen and oxygen atoms in total. The Morgan fingerprint density at radius 1 is 1.41 bits per heavy atom.